The summed E-state index contributed by atoms with van der Waals surface area (Å²) in [5.74, 6) is -0.0337. The van der Waals surface area contributed by atoms with Gasteiger partial charge in [0.2, 0.25) is 5.28 Å². The van der Waals surface area contributed by atoms with E-state index < -0.39 is 12.2 Å². The third-order valence-corrected chi connectivity index (χ3v) is 8.33. The van der Waals surface area contributed by atoms with E-state index in [2.05, 4.69) is 27.1 Å². The largest absolute Gasteiger partial charge is 0.390 e. The van der Waals surface area contributed by atoms with Crippen LogP contribution in [0.1, 0.15) is 31.4 Å². The van der Waals surface area contributed by atoms with Crippen LogP contribution in [-0.2, 0) is 6.42 Å². The number of aromatic nitrogens is 3. The van der Waals surface area contributed by atoms with Crippen molar-refractivity contribution in [2.45, 2.75) is 44.4 Å². The lowest BCUT2D eigenvalue weighted by molar-refractivity contribution is 0.000582. The number of benzene rings is 2. The minimum Gasteiger partial charge on any atom is -0.390 e. The summed E-state index contributed by atoms with van der Waals surface area (Å²) in [6, 6.07) is 16.1. The van der Waals surface area contributed by atoms with Gasteiger partial charge in [-0.1, -0.05) is 49.4 Å². The molecule has 0 saturated heterocycles. The number of nitrogens with zero attached hydrogens (tertiary/aromatic N) is 4. The minimum absolute atomic E-state index is 0.0435. The van der Waals surface area contributed by atoms with Gasteiger partial charge in [-0.25, -0.2) is 9.37 Å². The standard InChI is InChI=1S/C31H38ClFN6O2/c1-2-38(16-6-14-35-15-13-20-9-11-23(33)12-10-20)18-22-17-25(28(41)27(22)40)39-19-24(21-7-4-3-5-8-21)26-29(34)36-31(32)37-30(26)39/h3-5,7-12,19,22,25,27-28,35,40-41H,2,6,13-18H2,1H3,(H2,34,36,37)/t22-,25-,27-,28+/m1/s1. The van der Waals surface area contributed by atoms with E-state index in [1.54, 1.807) is 0 Å². The molecule has 2 aromatic heterocycles. The van der Waals surface area contributed by atoms with Crippen molar-refractivity contribution in [3.05, 3.63) is 77.5 Å². The number of hydrogen-bond donors (Lipinski definition) is 4. The van der Waals surface area contributed by atoms with Gasteiger partial charge in [-0.3, -0.25) is 0 Å². The summed E-state index contributed by atoms with van der Waals surface area (Å²) < 4.78 is 15.0. The Kier molecular flexibility index (Phi) is 9.52. The number of nitrogen functional groups attached to an aromatic ring is 1. The van der Waals surface area contributed by atoms with E-state index >= 15 is 0 Å². The number of nitrogens with two attached hydrogens (primary N) is 1. The third-order valence-electron chi connectivity index (χ3n) is 8.16. The van der Waals surface area contributed by atoms with Crippen molar-refractivity contribution in [1.29, 1.82) is 0 Å². The third kappa shape index (κ3) is 6.71. The maximum Gasteiger partial charge on any atom is 0.226 e. The number of hydrogen-bond acceptors (Lipinski definition) is 7. The van der Waals surface area contributed by atoms with Crippen molar-refractivity contribution in [2.24, 2.45) is 5.92 Å². The molecule has 0 amide bonds. The van der Waals surface area contributed by atoms with Crippen LogP contribution in [0.3, 0.4) is 0 Å². The first kappa shape index (κ1) is 29.4. The van der Waals surface area contributed by atoms with Crippen molar-refractivity contribution in [1.82, 2.24) is 24.8 Å². The Hall–Kier alpha value is -3.08. The zero-order valence-corrected chi connectivity index (χ0v) is 24.0. The van der Waals surface area contributed by atoms with E-state index in [1.165, 1.54) is 12.1 Å². The maximum atomic E-state index is 13.1. The topological polar surface area (TPSA) is 112 Å². The molecule has 2 heterocycles. The van der Waals surface area contributed by atoms with E-state index in [0.29, 0.717) is 24.0 Å². The quantitative estimate of drug-likeness (QED) is 0.146. The van der Waals surface area contributed by atoms with Crippen LogP contribution in [-0.4, -0.2) is 74.6 Å². The normalized spacial score (nSPS) is 20.8. The van der Waals surface area contributed by atoms with Crippen molar-refractivity contribution in [3.8, 4) is 11.1 Å². The van der Waals surface area contributed by atoms with Crippen LogP contribution < -0.4 is 11.1 Å². The Morgan fingerprint density at radius 3 is 2.56 bits per heavy atom. The number of rotatable bonds is 12. The van der Waals surface area contributed by atoms with Crippen LogP contribution in [0.25, 0.3) is 22.2 Å². The fourth-order valence-electron chi connectivity index (χ4n) is 5.94. The highest BCUT2D eigenvalue weighted by molar-refractivity contribution is 6.29. The lowest BCUT2D eigenvalue weighted by Gasteiger charge is -2.26. The van der Waals surface area contributed by atoms with Gasteiger partial charge >= 0.3 is 0 Å². The number of fused-ring (bicyclic) bond motifs is 1. The van der Waals surface area contributed by atoms with Crippen molar-refractivity contribution < 1.29 is 14.6 Å². The van der Waals surface area contributed by atoms with Gasteiger partial charge < -0.3 is 30.7 Å². The molecule has 0 unspecified atom stereocenters. The maximum absolute atomic E-state index is 13.1. The highest BCUT2D eigenvalue weighted by Gasteiger charge is 2.43. The Balaban J connectivity index is 1.22. The average Bonchev–Trinajstić information content (AvgIpc) is 3.48. The van der Waals surface area contributed by atoms with Crippen molar-refractivity contribution in [3.63, 3.8) is 0 Å². The Labute approximate surface area is 245 Å². The molecule has 0 aliphatic heterocycles. The van der Waals surface area contributed by atoms with E-state index in [0.717, 1.165) is 55.7 Å². The van der Waals surface area contributed by atoms with Gasteiger partial charge in [0.1, 0.15) is 23.4 Å². The van der Waals surface area contributed by atoms with Gasteiger partial charge in [-0.2, -0.15) is 4.98 Å². The van der Waals surface area contributed by atoms with E-state index in [9.17, 15) is 14.6 Å². The number of anilines is 1. The minimum atomic E-state index is -0.957. The Bertz CT molecular complexity index is 1430. The molecule has 2 aromatic carbocycles. The SMILES string of the molecule is CCN(CCCNCCc1ccc(F)cc1)C[C@H]1C[C@@H](n2cc(-c3ccccc3)c3c(N)nc(Cl)nc32)[C@H](O)[C@@H]1O. The summed E-state index contributed by atoms with van der Waals surface area (Å²) >= 11 is 6.20. The van der Waals surface area contributed by atoms with E-state index in [4.69, 9.17) is 17.3 Å². The van der Waals surface area contributed by atoms with E-state index in [1.807, 2.05) is 53.2 Å². The number of aliphatic hydroxyl groups excluding tert-OH is 2. The second-order valence-electron chi connectivity index (χ2n) is 10.8. The number of halogens is 2. The zero-order chi connectivity index (χ0) is 28.9. The van der Waals surface area contributed by atoms with Gasteiger partial charge in [-0.05, 0) is 80.3 Å². The van der Waals surface area contributed by atoms with Gasteiger partial charge in [0.15, 0.2) is 0 Å². The first-order chi connectivity index (χ1) is 19.9. The fourth-order valence-corrected chi connectivity index (χ4v) is 6.11. The van der Waals surface area contributed by atoms with Crippen LogP contribution >= 0.6 is 11.6 Å². The number of aliphatic hydroxyl groups is 2. The van der Waals surface area contributed by atoms with Crippen LogP contribution in [0.2, 0.25) is 5.28 Å². The molecule has 5 rings (SSSR count). The highest BCUT2D eigenvalue weighted by Crippen LogP contribution is 2.41. The molecule has 1 fully saturated rings. The summed E-state index contributed by atoms with van der Waals surface area (Å²) in [7, 11) is 0. The predicted octanol–water partition coefficient (Wildman–Crippen LogP) is 4.30. The summed E-state index contributed by atoms with van der Waals surface area (Å²) in [4.78, 5) is 11.0. The summed E-state index contributed by atoms with van der Waals surface area (Å²) in [6.07, 6.45) is 2.53. The first-order valence-electron chi connectivity index (χ1n) is 14.3. The van der Waals surface area contributed by atoms with Gasteiger partial charge in [-0.15, -0.1) is 0 Å². The second kappa shape index (κ2) is 13.3. The highest BCUT2D eigenvalue weighted by atomic mass is 35.5. The Morgan fingerprint density at radius 2 is 1.83 bits per heavy atom. The van der Waals surface area contributed by atoms with Gasteiger partial charge in [0.05, 0.1) is 17.5 Å². The molecule has 4 atom stereocenters. The lowest BCUT2D eigenvalue weighted by Crippen LogP contribution is -2.37. The fraction of sp³-hybridized carbons (Fsp3) is 0.419. The molecule has 0 spiro atoms. The van der Waals surface area contributed by atoms with Gasteiger partial charge in [0.25, 0.3) is 0 Å². The van der Waals surface area contributed by atoms with Crippen molar-refractivity contribution >= 4 is 28.5 Å². The molecule has 0 radical (unpaired) electrons. The molecule has 10 heteroatoms. The average molecular weight is 581 g/mol. The summed E-state index contributed by atoms with van der Waals surface area (Å²) in [5, 5.41) is 26.5. The molecule has 4 aromatic rings. The molecule has 41 heavy (non-hydrogen) atoms. The Morgan fingerprint density at radius 1 is 1.07 bits per heavy atom. The molecule has 218 valence electrons. The molecule has 1 aliphatic carbocycles. The molecular weight excluding hydrogens is 543 g/mol. The molecule has 1 saturated carbocycles. The molecule has 1 aliphatic rings. The van der Waals surface area contributed by atoms with Gasteiger partial charge in [0, 0.05) is 24.2 Å². The second-order valence-corrected chi connectivity index (χ2v) is 11.1. The molecular formula is C31H38ClFN6O2. The van der Waals surface area contributed by atoms with Crippen LogP contribution in [0.4, 0.5) is 10.2 Å². The van der Waals surface area contributed by atoms with Crippen LogP contribution in [0, 0.1) is 11.7 Å². The first-order valence-corrected chi connectivity index (χ1v) is 14.7. The molecule has 8 nitrogen and oxygen atoms in total. The lowest BCUT2D eigenvalue weighted by atomic mass is 10.0. The van der Waals surface area contributed by atoms with Crippen LogP contribution in [0.5, 0.6) is 0 Å². The van der Waals surface area contributed by atoms with E-state index in [-0.39, 0.29) is 28.9 Å². The summed E-state index contributed by atoms with van der Waals surface area (Å²) in [5.41, 5.74) is 9.79. The predicted molar refractivity (Wildman–Crippen MR) is 161 cm³/mol. The zero-order valence-electron chi connectivity index (χ0n) is 23.3. The number of nitrogens with one attached hydrogen (secondary N) is 1. The smallest absolute Gasteiger partial charge is 0.226 e. The summed E-state index contributed by atoms with van der Waals surface area (Å²) in [6.45, 7) is 6.24. The monoisotopic (exact) mass is 580 g/mol. The molecule has 0 bridgehead atoms. The van der Waals surface area contributed by atoms with Crippen molar-refractivity contribution in [2.75, 3.05) is 38.5 Å². The van der Waals surface area contributed by atoms with Crippen LogP contribution in [0.15, 0.2) is 60.8 Å². The molecule has 5 N–H and O–H groups in total.